The van der Waals surface area contributed by atoms with E-state index >= 15 is 0 Å². The number of hydrogen-bond donors (Lipinski definition) is 2. The first-order valence-corrected chi connectivity index (χ1v) is 10.1. The molecule has 2 fully saturated rings. The van der Waals surface area contributed by atoms with Crippen LogP contribution >= 0.6 is 0 Å². The summed E-state index contributed by atoms with van der Waals surface area (Å²) < 4.78 is 0. The normalized spacial score (nSPS) is 21.2. The van der Waals surface area contributed by atoms with Gasteiger partial charge in [0.2, 0.25) is 0 Å². The molecule has 1 aromatic carbocycles. The number of aryl methyl sites for hydroxylation is 1. The molecular weight excluding hydrogens is 336 g/mol. The van der Waals surface area contributed by atoms with Crippen LogP contribution in [0, 0.1) is 6.92 Å². The zero-order valence-electron chi connectivity index (χ0n) is 15.8. The van der Waals surface area contributed by atoms with Crippen LogP contribution < -0.4 is 10.2 Å². The fourth-order valence-electron chi connectivity index (χ4n) is 4.50. The Kier molecular flexibility index (Phi) is 4.28. The molecule has 2 N–H and O–H groups in total. The van der Waals surface area contributed by atoms with Crippen molar-refractivity contribution in [3.05, 3.63) is 47.7 Å². The summed E-state index contributed by atoms with van der Waals surface area (Å²) in [6.07, 6.45) is 4.57. The summed E-state index contributed by atoms with van der Waals surface area (Å²) in [4.78, 5) is 20.4. The number of hydrogen-bond acceptors (Lipinski definition) is 5. The Balaban J connectivity index is 1.48. The number of nitrogens with zero attached hydrogens (tertiary/aromatic N) is 4. The van der Waals surface area contributed by atoms with E-state index in [0.29, 0.717) is 5.92 Å². The minimum Gasteiger partial charge on any atom is -0.346 e. The van der Waals surface area contributed by atoms with Gasteiger partial charge in [0.1, 0.15) is 17.5 Å². The van der Waals surface area contributed by atoms with Crippen molar-refractivity contribution in [1.29, 1.82) is 0 Å². The monoisotopic (exact) mass is 362 g/mol. The van der Waals surface area contributed by atoms with Crippen molar-refractivity contribution >= 4 is 16.9 Å². The number of benzene rings is 1. The highest BCUT2D eigenvalue weighted by atomic mass is 15.3. The first-order valence-electron chi connectivity index (χ1n) is 10.1. The van der Waals surface area contributed by atoms with Crippen LogP contribution in [0.3, 0.4) is 0 Å². The molecule has 140 valence electrons. The number of anilines is 1. The molecule has 3 aromatic rings. The molecule has 0 spiro atoms. The molecule has 0 amide bonds. The standard InChI is InChI=1S/C21H26N6/c1-14-23-18(15-8-10-22-11-9-15)13-20(24-14)27-12-4-7-19(27)21-25-16-5-2-3-6-17(16)26-21/h2-3,5-6,13,15,19,22H,4,7-12H2,1H3,(H,25,26)/t19-/m1/s1. The molecule has 2 aliphatic rings. The lowest BCUT2D eigenvalue weighted by molar-refractivity contribution is 0.452. The number of rotatable bonds is 3. The molecule has 1 atom stereocenters. The summed E-state index contributed by atoms with van der Waals surface area (Å²) in [6.45, 7) is 5.19. The second-order valence-corrected chi connectivity index (χ2v) is 7.71. The first kappa shape index (κ1) is 16.7. The highest BCUT2D eigenvalue weighted by Gasteiger charge is 2.30. The van der Waals surface area contributed by atoms with Crippen molar-refractivity contribution in [3.8, 4) is 0 Å². The van der Waals surface area contributed by atoms with Gasteiger partial charge in [-0.25, -0.2) is 15.0 Å². The van der Waals surface area contributed by atoms with Gasteiger partial charge < -0.3 is 15.2 Å². The predicted molar refractivity (Wildman–Crippen MR) is 107 cm³/mol. The van der Waals surface area contributed by atoms with E-state index in [4.69, 9.17) is 15.0 Å². The van der Waals surface area contributed by atoms with Crippen LogP contribution in [-0.4, -0.2) is 39.6 Å². The Labute approximate surface area is 159 Å². The SMILES string of the molecule is Cc1nc(C2CCNCC2)cc(N2CCC[C@@H]2c2nc3ccccc3[nH]2)n1. The first-order chi connectivity index (χ1) is 13.3. The van der Waals surface area contributed by atoms with Gasteiger partial charge in [0, 0.05) is 24.2 Å². The summed E-state index contributed by atoms with van der Waals surface area (Å²) in [6, 6.07) is 10.7. The lowest BCUT2D eigenvalue weighted by atomic mass is 9.94. The lowest BCUT2D eigenvalue weighted by Gasteiger charge is -2.27. The van der Waals surface area contributed by atoms with Gasteiger partial charge in [-0.1, -0.05) is 12.1 Å². The average molecular weight is 362 g/mol. The van der Waals surface area contributed by atoms with Gasteiger partial charge in [-0.15, -0.1) is 0 Å². The molecule has 0 saturated carbocycles. The third kappa shape index (κ3) is 3.18. The van der Waals surface area contributed by atoms with E-state index in [2.05, 4.69) is 39.5 Å². The highest BCUT2D eigenvalue weighted by molar-refractivity contribution is 5.75. The highest BCUT2D eigenvalue weighted by Crippen LogP contribution is 2.36. The number of piperidine rings is 1. The molecule has 0 aliphatic carbocycles. The second-order valence-electron chi connectivity index (χ2n) is 7.71. The molecule has 0 unspecified atom stereocenters. The van der Waals surface area contributed by atoms with Crippen LogP contribution in [-0.2, 0) is 0 Å². The molecule has 2 aliphatic heterocycles. The van der Waals surface area contributed by atoms with Crippen molar-refractivity contribution in [2.24, 2.45) is 0 Å². The van der Waals surface area contributed by atoms with Crippen molar-refractivity contribution in [2.45, 2.75) is 44.6 Å². The molecule has 6 heteroatoms. The van der Waals surface area contributed by atoms with Gasteiger partial charge >= 0.3 is 0 Å². The molecular formula is C21H26N6. The van der Waals surface area contributed by atoms with E-state index in [1.165, 1.54) is 5.69 Å². The van der Waals surface area contributed by atoms with Crippen LogP contribution in [0.1, 0.15) is 55.0 Å². The van der Waals surface area contributed by atoms with E-state index < -0.39 is 0 Å². The van der Waals surface area contributed by atoms with Gasteiger partial charge in [0.15, 0.2) is 0 Å². The zero-order chi connectivity index (χ0) is 18.2. The van der Waals surface area contributed by atoms with Crippen molar-refractivity contribution < 1.29 is 0 Å². The minimum atomic E-state index is 0.257. The van der Waals surface area contributed by atoms with E-state index in [9.17, 15) is 0 Å². The van der Waals surface area contributed by atoms with Crippen molar-refractivity contribution in [2.75, 3.05) is 24.5 Å². The lowest BCUT2D eigenvalue weighted by Crippen LogP contribution is -2.28. The summed E-state index contributed by atoms with van der Waals surface area (Å²) in [5, 5.41) is 3.44. The van der Waals surface area contributed by atoms with Gasteiger partial charge in [-0.05, 0) is 57.8 Å². The van der Waals surface area contributed by atoms with Crippen molar-refractivity contribution in [1.82, 2.24) is 25.3 Å². The predicted octanol–water partition coefficient (Wildman–Crippen LogP) is 3.47. The molecule has 0 radical (unpaired) electrons. The number of imidazole rings is 1. The van der Waals surface area contributed by atoms with Crippen molar-refractivity contribution in [3.63, 3.8) is 0 Å². The van der Waals surface area contributed by atoms with Gasteiger partial charge in [0.25, 0.3) is 0 Å². The Morgan fingerprint density at radius 3 is 2.74 bits per heavy atom. The molecule has 2 saturated heterocycles. The maximum atomic E-state index is 4.86. The van der Waals surface area contributed by atoms with E-state index in [0.717, 1.165) is 73.8 Å². The Morgan fingerprint density at radius 1 is 1.04 bits per heavy atom. The number of nitrogens with one attached hydrogen (secondary N) is 2. The Morgan fingerprint density at radius 2 is 1.89 bits per heavy atom. The van der Waals surface area contributed by atoms with Crippen LogP contribution in [0.5, 0.6) is 0 Å². The number of aromatic nitrogens is 4. The Bertz CT molecular complexity index is 910. The minimum absolute atomic E-state index is 0.257. The largest absolute Gasteiger partial charge is 0.346 e. The van der Waals surface area contributed by atoms with Crippen LogP contribution in [0.4, 0.5) is 5.82 Å². The summed E-state index contributed by atoms with van der Waals surface area (Å²) in [5.74, 6) is 3.52. The fraction of sp³-hybridized carbons (Fsp3) is 0.476. The van der Waals surface area contributed by atoms with Crippen LogP contribution in [0.2, 0.25) is 0 Å². The smallest absolute Gasteiger partial charge is 0.133 e. The maximum absolute atomic E-state index is 4.86. The number of para-hydroxylation sites is 2. The van der Waals surface area contributed by atoms with Gasteiger partial charge in [0.05, 0.1) is 17.1 Å². The summed E-state index contributed by atoms with van der Waals surface area (Å²) in [5.41, 5.74) is 3.34. The average Bonchev–Trinajstić information content (AvgIpc) is 3.35. The quantitative estimate of drug-likeness (QED) is 0.747. The molecule has 4 heterocycles. The topological polar surface area (TPSA) is 69.7 Å². The fourth-order valence-corrected chi connectivity index (χ4v) is 4.50. The molecule has 0 bridgehead atoms. The maximum Gasteiger partial charge on any atom is 0.133 e. The van der Waals surface area contributed by atoms with E-state index in [1.54, 1.807) is 0 Å². The van der Waals surface area contributed by atoms with E-state index in [-0.39, 0.29) is 6.04 Å². The van der Waals surface area contributed by atoms with Crippen LogP contribution in [0.15, 0.2) is 30.3 Å². The number of aromatic amines is 1. The number of fused-ring (bicyclic) bond motifs is 1. The second kappa shape index (κ2) is 6.93. The molecule has 6 nitrogen and oxygen atoms in total. The third-order valence-electron chi connectivity index (χ3n) is 5.87. The number of H-pyrrole nitrogens is 1. The zero-order valence-corrected chi connectivity index (χ0v) is 15.8. The summed E-state index contributed by atoms with van der Waals surface area (Å²) >= 11 is 0. The Hall–Kier alpha value is -2.47. The van der Waals surface area contributed by atoms with Gasteiger partial charge in [-0.3, -0.25) is 0 Å². The summed E-state index contributed by atoms with van der Waals surface area (Å²) in [7, 11) is 0. The molecule has 2 aromatic heterocycles. The van der Waals surface area contributed by atoms with Gasteiger partial charge in [-0.2, -0.15) is 0 Å². The van der Waals surface area contributed by atoms with E-state index in [1.807, 2.05) is 13.0 Å². The van der Waals surface area contributed by atoms with Crippen LogP contribution in [0.25, 0.3) is 11.0 Å². The third-order valence-corrected chi connectivity index (χ3v) is 5.87. The molecule has 5 rings (SSSR count). The molecule has 27 heavy (non-hydrogen) atoms.